The molecule has 2 saturated heterocycles. The normalized spacial score (nSPS) is 34.3. The molecule has 2 aliphatic rings. The highest BCUT2D eigenvalue weighted by molar-refractivity contribution is 5.92. The number of nitrogens with zero attached hydrogens (tertiary/aromatic N) is 3. The Labute approximate surface area is 185 Å². The van der Waals surface area contributed by atoms with Gasteiger partial charge >= 0.3 is 6.09 Å². The van der Waals surface area contributed by atoms with E-state index >= 15 is 0 Å². The van der Waals surface area contributed by atoms with Crippen LogP contribution in [0.4, 0.5) is 4.79 Å². The van der Waals surface area contributed by atoms with E-state index in [2.05, 4.69) is 5.10 Å². The van der Waals surface area contributed by atoms with Crippen LogP contribution in [0.2, 0.25) is 0 Å². The number of hydrogen-bond acceptors (Lipinski definition) is 5. The molecule has 1 amide bonds. The second-order valence-corrected chi connectivity index (χ2v) is 8.58. The van der Waals surface area contributed by atoms with Crippen LogP contribution in [0.5, 0.6) is 0 Å². The Hall–Kier alpha value is -2.41. The van der Waals surface area contributed by atoms with Gasteiger partial charge in [-0.25, -0.2) is 9.48 Å². The number of ketones is 1. The Morgan fingerprint density at radius 1 is 1.37 bits per heavy atom. The summed E-state index contributed by atoms with van der Waals surface area (Å²) in [6, 6.07) is 3.12. The molecule has 1 aromatic carbocycles. The van der Waals surface area contributed by atoms with Crippen LogP contribution >= 0.6 is 0 Å². The predicted molar refractivity (Wildman–Crippen MR) is 113 cm³/mol. The lowest BCUT2D eigenvalue weighted by Crippen LogP contribution is -2.45. The second kappa shape index (κ2) is 8.02. The number of amides is 1. The number of carbonyl (C=O) groups is 2. The molecule has 4 rings (SSSR count). The summed E-state index contributed by atoms with van der Waals surface area (Å²) in [5.41, 5.74) is -0.284. The highest BCUT2D eigenvalue weighted by Crippen LogP contribution is 2.33. The minimum absolute atomic E-state index is 0.0903. The number of carbonyl (C=O) groups excluding carboxylic acids is 2. The number of hydrogen-bond donors (Lipinski definition) is 0. The number of aromatic nitrogens is 2. The summed E-state index contributed by atoms with van der Waals surface area (Å²) in [4.78, 5) is 26.6. The first-order valence-corrected chi connectivity index (χ1v) is 10.1. The van der Waals surface area contributed by atoms with Crippen LogP contribution in [0, 0.1) is 6.92 Å². The van der Waals surface area contributed by atoms with E-state index in [0.717, 1.165) is 12.8 Å². The Morgan fingerprint density at radius 3 is 2.87 bits per heavy atom. The SMILES string of the molecule is [2H]C1N(C(=O)OC(C)(C)C)C([2H])([2H])C(=O)C([2H])(c2cc3c(cnn3C3CCCCO3)cc2C)C1([2H])[2H]. The van der Waals surface area contributed by atoms with Gasteiger partial charge in [0.25, 0.3) is 0 Å². The topological polar surface area (TPSA) is 73.7 Å². The van der Waals surface area contributed by atoms with Crippen LogP contribution in [0.15, 0.2) is 18.3 Å². The monoisotopic (exact) mass is 419 g/mol. The van der Waals surface area contributed by atoms with Crippen molar-refractivity contribution in [2.45, 2.75) is 71.1 Å². The Bertz CT molecular complexity index is 1200. The molecule has 3 unspecified atom stereocenters. The Kier molecular flexibility index (Phi) is 3.90. The van der Waals surface area contributed by atoms with E-state index in [1.165, 1.54) is 26.8 Å². The molecule has 2 fully saturated rings. The van der Waals surface area contributed by atoms with Crippen LogP contribution < -0.4 is 0 Å². The van der Waals surface area contributed by atoms with E-state index in [9.17, 15) is 9.59 Å². The molecule has 3 heterocycles. The third-order valence-corrected chi connectivity index (χ3v) is 5.02. The maximum absolute atomic E-state index is 13.6. The van der Waals surface area contributed by atoms with Gasteiger partial charge in [-0.15, -0.1) is 0 Å². The molecular weight excluding hydrogens is 382 g/mol. The number of aryl methyl sites for hydroxylation is 1. The van der Waals surface area contributed by atoms with Crippen molar-refractivity contribution in [3.8, 4) is 0 Å². The fraction of sp³-hybridized carbons (Fsp3) is 0.609. The fourth-order valence-corrected chi connectivity index (χ4v) is 3.62. The summed E-state index contributed by atoms with van der Waals surface area (Å²) < 4.78 is 64.6. The predicted octanol–water partition coefficient (Wildman–Crippen LogP) is 4.34. The molecule has 7 heteroatoms. The summed E-state index contributed by atoms with van der Waals surface area (Å²) in [5.74, 6) is -4.32. The van der Waals surface area contributed by atoms with Crippen molar-refractivity contribution in [2.24, 2.45) is 0 Å². The van der Waals surface area contributed by atoms with Crippen LogP contribution in [0.25, 0.3) is 10.9 Å². The molecule has 0 bridgehead atoms. The molecule has 0 aliphatic carbocycles. The summed E-state index contributed by atoms with van der Waals surface area (Å²) in [6.45, 7) is 1.35. The maximum atomic E-state index is 13.6. The van der Waals surface area contributed by atoms with Gasteiger partial charge in [0.15, 0.2) is 12.0 Å². The molecule has 1 aromatic heterocycles. The summed E-state index contributed by atoms with van der Waals surface area (Å²) >= 11 is 0. The fourth-order valence-electron chi connectivity index (χ4n) is 3.62. The summed E-state index contributed by atoms with van der Waals surface area (Å²) in [7, 11) is 0. The third kappa shape index (κ3) is 4.21. The zero-order chi connectivity index (χ0) is 26.8. The van der Waals surface area contributed by atoms with Crippen molar-refractivity contribution >= 4 is 22.8 Å². The van der Waals surface area contributed by atoms with Crippen molar-refractivity contribution < 1.29 is 27.3 Å². The first kappa shape index (κ1) is 14.6. The average Bonchev–Trinajstić information content (AvgIpc) is 3.18. The van der Waals surface area contributed by atoms with E-state index in [-0.39, 0.29) is 16.7 Å². The van der Waals surface area contributed by atoms with Crippen molar-refractivity contribution in [1.29, 1.82) is 0 Å². The zero-order valence-electron chi connectivity index (χ0n) is 23.7. The number of likely N-dealkylation sites (tertiary alicyclic amines) is 1. The quantitative estimate of drug-likeness (QED) is 0.724. The molecule has 0 spiro atoms. The number of benzene rings is 1. The first-order valence-electron chi connectivity index (χ1n) is 13.2. The van der Waals surface area contributed by atoms with Gasteiger partial charge in [-0.05, 0) is 76.6 Å². The van der Waals surface area contributed by atoms with E-state index in [1.54, 1.807) is 23.9 Å². The van der Waals surface area contributed by atoms with E-state index in [1.807, 2.05) is 0 Å². The van der Waals surface area contributed by atoms with Gasteiger partial charge < -0.3 is 14.4 Å². The largest absolute Gasteiger partial charge is 0.444 e. The second-order valence-electron chi connectivity index (χ2n) is 8.58. The van der Waals surface area contributed by atoms with Crippen LogP contribution in [-0.2, 0) is 14.3 Å². The van der Waals surface area contributed by atoms with Gasteiger partial charge in [-0.1, -0.05) is 0 Å². The number of rotatable bonds is 2. The van der Waals surface area contributed by atoms with Gasteiger partial charge in [0.2, 0.25) is 0 Å². The lowest BCUT2D eigenvalue weighted by molar-refractivity contribution is -0.123. The van der Waals surface area contributed by atoms with Crippen molar-refractivity contribution in [3.05, 3.63) is 29.5 Å². The van der Waals surface area contributed by atoms with Gasteiger partial charge in [0.05, 0.1) is 21.0 Å². The highest BCUT2D eigenvalue weighted by atomic mass is 16.6. The van der Waals surface area contributed by atoms with E-state index in [0.29, 0.717) is 29.5 Å². The number of fused-ring (bicyclic) bond motifs is 1. The molecule has 3 atom stereocenters. The highest BCUT2D eigenvalue weighted by Gasteiger charge is 2.34. The smallest absolute Gasteiger partial charge is 0.410 e. The van der Waals surface area contributed by atoms with Crippen molar-refractivity contribution in [2.75, 3.05) is 19.6 Å². The van der Waals surface area contributed by atoms with Gasteiger partial charge in [0, 0.05) is 29.9 Å². The van der Waals surface area contributed by atoms with Crippen LogP contribution in [0.3, 0.4) is 0 Å². The van der Waals surface area contributed by atoms with Crippen LogP contribution in [0.1, 0.15) is 77.9 Å². The third-order valence-electron chi connectivity index (χ3n) is 5.02. The molecule has 2 aromatic rings. The number of ether oxygens (including phenoxy) is 2. The van der Waals surface area contributed by atoms with Gasteiger partial charge in [-0.2, -0.15) is 5.10 Å². The molecule has 2 aliphatic heterocycles. The van der Waals surface area contributed by atoms with E-state index in [4.69, 9.17) is 17.7 Å². The Balaban J connectivity index is 1.86. The molecule has 0 saturated carbocycles. The minimum Gasteiger partial charge on any atom is -0.444 e. The average molecular weight is 420 g/mol. The lowest BCUT2D eigenvalue weighted by atomic mass is 9.85. The number of Topliss-reactive ketones (excluding diaryl/α,β-unsaturated/α-hetero) is 1. The summed E-state index contributed by atoms with van der Waals surface area (Å²) in [5, 5.41) is 5.10. The van der Waals surface area contributed by atoms with Gasteiger partial charge in [-0.3, -0.25) is 4.79 Å². The molecule has 30 heavy (non-hydrogen) atoms. The van der Waals surface area contributed by atoms with Crippen molar-refractivity contribution in [3.63, 3.8) is 0 Å². The van der Waals surface area contributed by atoms with Crippen molar-refractivity contribution in [1.82, 2.24) is 14.7 Å². The molecule has 0 radical (unpaired) electrons. The molecule has 7 nitrogen and oxygen atoms in total. The lowest BCUT2D eigenvalue weighted by Gasteiger charge is -2.33. The maximum Gasteiger partial charge on any atom is 0.410 e. The zero-order valence-corrected chi connectivity index (χ0v) is 17.7. The standard InChI is InChI=1S/C23H31N3O4/c1-15-11-16-13-24-26(21-7-5-6-10-29-21)19(16)12-18(15)17-8-9-25(14-20(17)27)22(28)30-23(2,3)4/h11-13,17,21H,5-10,14H2,1-4H3/i8D2,9D,14D2,17D. The molecular formula is C23H31N3O4. The van der Waals surface area contributed by atoms with E-state index < -0.39 is 42.8 Å². The molecule has 162 valence electrons. The minimum atomic E-state index is -3.17. The molecule has 0 N–H and O–H groups in total. The van der Waals surface area contributed by atoms with Crippen LogP contribution in [-0.4, -0.2) is 51.8 Å². The Morgan fingerprint density at radius 2 is 2.17 bits per heavy atom. The van der Waals surface area contributed by atoms with Gasteiger partial charge in [0.1, 0.15) is 5.60 Å². The first-order chi connectivity index (χ1) is 16.5. The summed E-state index contributed by atoms with van der Waals surface area (Å²) in [6.07, 6.45) is -0.481. The number of piperidine rings is 1.